The number of aromatic nitrogens is 2. The first kappa shape index (κ1) is 17.6. The van der Waals surface area contributed by atoms with Gasteiger partial charge in [-0.25, -0.2) is 4.79 Å². The molecule has 0 unspecified atom stereocenters. The second kappa shape index (κ2) is 6.42. The molecule has 0 aromatic carbocycles. The van der Waals surface area contributed by atoms with Crippen molar-refractivity contribution in [3.63, 3.8) is 0 Å². The van der Waals surface area contributed by atoms with E-state index in [-0.39, 0.29) is 31.2 Å². The summed E-state index contributed by atoms with van der Waals surface area (Å²) in [5, 5.41) is 8.60. The predicted molar refractivity (Wildman–Crippen MR) is 82.4 cm³/mol. The molecular formula is C13H19N5O7S. The van der Waals surface area contributed by atoms with E-state index in [2.05, 4.69) is 14.5 Å². The molecule has 144 valence electrons. The van der Waals surface area contributed by atoms with Gasteiger partial charge in [0.25, 0.3) is 0 Å². The maximum absolute atomic E-state index is 12.4. The Balaban J connectivity index is 1.40. The highest BCUT2D eigenvalue weighted by molar-refractivity contribution is 7.80. The third-order valence-electron chi connectivity index (χ3n) is 4.84. The highest BCUT2D eigenvalue weighted by atomic mass is 32.3. The van der Waals surface area contributed by atoms with Crippen molar-refractivity contribution in [1.82, 2.24) is 20.2 Å². The number of fused-ring (bicyclic) bond motifs is 2. The maximum atomic E-state index is 12.4. The van der Waals surface area contributed by atoms with Crippen LogP contribution in [0.4, 0.5) is 4.79 Å². The van der Waals surface area contributed by atoms with E-state index in [1.807, 2.05) is 0 Å². The Labute approximate surface area is 149 Å². The highest BCUT2D eigenvalue weighted by Crippen LogP contribution is 2.38. The SMILES string of the molecule is N[C@H]1C[C@H](OCc2nnc([C@@H]3CC[C@@H]4CN3C(=O)N4OS(=O)(=O)O)o2)C1. The number of carbonyl (C=O) groups is 1. The molecule has 0 spiro atoms. The van der Waals surface area contributed by atoms with Crippen LogP contribution in [0.1, 0.15) is 43.5 Å². The van der Waals surface area contributed by atoms with Gasteiger partial charge in [0, 0.05) is 12.6 Å². The Morgan fingerprint density at radius 1 is 1.31 bits per heavy atom. The summed E-state index contributed by atoms with van der Waals surface area (Å²) in [7, 11) is -4.77. The molecule has 1 aromatic rings. The van der Waals surface area contributed by atoms with E-state index in [1.54, 1.807) is 0 Å². The number of piperidine rings is 1. The van der Waals surface area contributed by atoms with Crippen molar-refractivity contribution < 1.29 is 31.2 Å². The second-order valence-corrected chi connectivity index (χ2v) is 7.71. The summed E-state index contributed by atoms with van der Waals surface area (Å²) in [5.74, 6) is 0.565. The van der Waals surface area contributed by atoms with Gasteiger partial charge in [0.1, 0.15) is 12.6 Å². The van der Waals surface area contributed by atoms with Crippen molar-refractivity contribution in [2.24, 2.45) is 5.73 Å². The van der Waals surface area contributed by atoms with E-state index in [1.165, 1.54) is 4.90 Å². The molecule has 13 heteroatoms. The highest BCUT2D eigenvalue weighted by Gasteiger charge is 2.49. The summed E-state index contributed by atoms with van der Waals surface area (Å²) in [6, 6.07) is -1.43. The van der Waals surface area contributed by atoms with Crippen LogP contribution in [0.25, 0.3) is 0 Å². The van der Waals surface area contributed by atoms with Crippen molar-refractivity contribution in [3.8, 4) is 0 Å². The Morgan fingerprint density at radius 3 is 2.77 bits per heavy atom. The van der Waals surface area contributed by atoms with E-state index >= 15 is 0 Å². The van der Waals surface area contributed by atoms with Gasteiger partial charge >= 0.3 is 16.4 Å². The number of nitrogens with two attached hydrogens (primary N) is 1. The van der Waals surface area contributed by atoms with E-state index in [9.17, 15) is 13.2 Å². The molecular weight excluding hydrogens is 370 g/mol. The van der Waals surface area contributed by atoms with Crippen molar-refractivity contribution in [3.05, 3.63) is 11.8 Å². The monoisotopic (exact) mass is 389 g/mol. The normalized spacial score (nSPS) is 31.4. The fourth-order valence-corrected chi connectivity index (χ4v) is 3.87. The molecule has 3 aliphatic rings. The smallest absolute Gasteiger partial charge is 0.418 e. The first-order chi connectivity index (χ1) is 12.3. The molecule has 2 bridgehead atoms. The first-order valence-electron chi connectivity index (χ1n) is 8.26. The van der Waals surface area contributed by atoms with Crippen LogP contribution in [0.5, 0.6) is 0 Å². The van der Waals surface area contributed by atoms with Crippen LogP contribution in [-0.2, 0) is 26.0 Å². The minimum atomic E-state index is -4.77. The van der Waals surface area contributed by atoms with Crippen LogP contribution in [0, 0.1) is 0 Å². The molecule has 2 amide bonds. The molecule has 3 fully saturated rings. The number of carbonyl (C=O) groups excluding carboxylic acids is 1. The molecule has 26 heavy (non-hydrogen) atoms. The van der Waals surface area contributed by atoms with Crippen molar-refractivity contribution in [1.29, 1.82) is 0 Å². The molecule has 3 N–H and O–H groups in total. The van der Waals surface area contributed by atoms with Gasteiger partial charge in [-0.1, -0.05) is 0 Å². The summed E-state index contributed by atoms with van der Waals surface area (Å²) in [5.41, 5.74) is 5.70. The van der Waals surface area contributed by atoms with Crippen LogP contribution in [0.3, 0.4) is 0 Å². The number of amides is 2. The van der Waals surface area contributed by atoms with Crippen molar-refractivity contribution >= 4 is 16.4 Å². The predicted octanol–water partition coefficient (Wildman–Crippen LogP) is -0.249. The number of nitrogens with zero attached hydrogens (tertiary/aromatic N) is 4. The Hall–Kier alpha value is -1.80. The van der Waals surface area contributed by atoms with Gasteiger partial charge < -0.3 is 19.8 Å². The van der Waals surface area contributed by atoms with Gasteiger partial charge in [-0.2, -0.15) is 13.5 Å². The lowest BCUT2D eigenvalue weighted by molar-refractivity contribution is -0.0318. The summed E-state index contributed by atoms with van der Waals surface area (Å²) in [4.78, 5) is 13.8. The van der Waals surface area contributed by atoms with Crippen molar-refractivity contribution in [2.75, 3.05) is 6.54 Å². The Kier molecular flexibility index (Phi) is 4.35. The largest absolute Gasteiger partial charge is 0.420 e. The van der Waals surface area contributed by atoms with Crippen LogP contribution >= 0.6 is 0 Å². The van der Waals surface area contributed by atoms with Gasteiger partial charge in [0.15, 0.2) is 0 Å². The van der Waals surface area contributed by atoms with Crippen LogP contribution in [0.2, 0.25) is 0 Å². The Morgan fingerprint density at radius 2 is 2.08 bits per heavy atom. The number of ether oxygens (including phenoxy) is 1. The Bertz CT molecular complexity index is 793. The zero-order valence-corrected chi connectivity index (χ0v) is 14.5. The summed E-state index contributed by atoms with van der Waals surface area (Å²) in [6.45, 7) is 0.416. The molecule has 2 saturated heterocycles. The molecule has 1 aromatic heterocycles. The van der Waals surface area contributed by atoms with E-state index in [4.69, 9.17) is 19.4 Å². The fourth-order valence-electron chi connectivity index (χ4n) is 3.48. The molecule has 1 aliphatic carbocycles. The minimum Gasteiger partial charge on any atom is -0.420 e. The molecule has 12 nitrogen and oxygen atoms in total. The molecule has 2 aliphatic heterocycles. The third kappa shape index (κ3) is 3.40. The van der Waals surface area contributed by atoms with E-state index < -0.39 is 28.5 Å². The quantitative estimate of drug-likeness (QED) is 0.621. The standard InChI is InChI=1S/C13H19N5O7S/c14-7-3-9(4-7)23-6-11-15-16-12(24-11)10-2-1-8-5-17(10)13(19)18(8)25-26(20,21)22/h7-10H,1-6,14H2,(H,20,21,22)/t7-,8-,9-,10+/m1/s1. The zero-order chi connectivity index (χ0) is 18.5. The van der Waals surface area contributed by atoms with E-state index in [0.29, 0.717) is 23.8 Å². The first-order valence-corrected chi connectivity index (χ1v) is 9.63. The van der Waals surface area contributed by atoms with Gasteiger partial charge in [0.05, 0.1) is 12.1 Å². The lowest BCUT2D eigenvalue weighted by Crippen LogP contribution is -2.41. The number of hydroxylamine groups is 2. The molecule has 2 atom stereocenters. The van der Waals surface area contributed by atoms with Gasteiger partial charge in [-0.05, 0) is 25.7 Å². The lowest BCUT2D eigenvalue weighted by atomic mass is 9.90. The van der Waals surface area contributed by atoms with Gasteiger partial charge in [0.2, 0.25) is 11.8 Å². The minimum absolute atomic E-state index is 0.0992. The topological polar surface area (TPSA) is 161 Å². The fraction of sp³-hybridized carbons (Fsp3) is 0.769. The number of hydrogen-bond acceptors (Lipinski definition) is 9. The summed E-state index contributed by atoms with van der Waals surface area (Å²) < 4.78 is 46.2. The van der Waals surface area contributed by atoms with Crippen molar-refractivity contribution in [2.45, 2.75) is 56.5 Å². The average molecular weight is 389 g/mol. The molecule has 4 rings (SSSR count). The summed E-state index contributed by atoms with van der Waals surface area (Å²) >= 11 is 0. The zero-order valence-electron chi connectivity index (χ0n) is 13.7. The third-order valence-corrected chi connectivity index (χ3v) is 5.19. The second-order valence-electron chi connectivity index (χ2n) is 6.71. The van der Waals surface area contributed by atoms with Crippen LogP contribution < -0.4 is 5.73 Å². The number of urea groups is 1. The number of hydrogen-bond donors (Lipinski definition) is 2. The molecule has 1 saturated carbocycles. The average Bonchev–Trinajstić information content (AvgIpc) is 3.10. The lowest BCUT2D eigenvalue weighted by Gasteiger charge is -2.31. The maximum Gasteiger partial charge on any atom is 0.418 e. The van der Waals surface area contributed by atoms with Crippen LogP contribution in [0.15, 0.2) is 4.42 Å². The molecule has 3 heterocycles. The van der Waals surface area contributed by atoms with E-state index in [0.717, 1.165) is 12.8 Å². The summed E-state index contributed by atoms with van der Waals surface area (Å²) in [6.07, 6.45) is 2.67. The number of rotatable bonds is 6. The molecule has 0 radical (unpaired) electrons. The van der Waals surface area contributed by atoms with Gasteiger partial charge in [-0.15, -0.1) is 14.5 Å². The van der Waals surface area contributed by atoms with Gasteiger partial charge in [-0.3, -0.25) is 4.55 Å². The van der Waals surface area contributed by atoms with Crippen LogP contribution in [-0.4, -0.2) is 63.9 Å².